The number of fused-ring (bicyclic) bond motifs is 1. The third kappa shape index (κ3) is 2.18. The minimum atomic E-state index is 0.296. The molecule has 0 N–H and O–H groups in total. The lowest BCUT2D eigenvalue weighted by Crippen LogP contribution is -1.94. The fourth-order valence-corrected chi connectivity index (χ4v) is 3.04. The average Bonchev–Trinajstić information content (AvgIpc) is 2.87. The standard InChI is InChI=1S/C19H20O/c1-3-13-5-6-14(4-2)18(11-13)16-7-9-17-15(12-16)8-10-19(17)20/h5-7,9,11-12H,3-4,8,10H2,1-2H3. The number of benzene rings is 2. The second-order valence-corrected chi connectivity index (χ2v) is 5.49. The molecule has 1 nitrogen and oxygen atoms in total. The molecule has 0 aliphatic heterocycles. The van der Waals surface area contributed by atoms with Crippen LogP contribution in [0.5, 0.6) is 0 Å². The maximum Gasteiger partial charge on any atom is 0.163 e. The average molecular weight is 264 g/mol. The quantitative estimate of drug-likeness (QED) is 0.791. The molecule has 2 aromatic rings. The molecular formula is C19H20O. The van der Waals surface area contributed by atoms with Crippen molar-refractivity contribution < 1.29 is 4.79 Å². The van der Waals surface area contributed by atoms with Gasteiger partial charge in [-0.25, -0.2) is 0 Å². The topological polar surface area (TPSA) is 17.1 Å². The molecule has 102 valence electrons. The van der Waals surface area contributed by atoms with E-state index in [-0.39, 0.29) is 0 Å². The molecule has 0 atom stereocenters. The van der Waals surface area contributed by atoms with Gasteiger partial charge in [0.25, 0.3) is 0 Å². The normalized spacial score (nSPS) is 13.6. The molecule has 0 saturated heterocycles. The van der Waals surface area contributed by atoms with Crippen LogP contribution < -0.4 is 0 Å². The third-order valence-electron chi connectivity index (χ3n) is 4.30. The Morgan fingerprint density at radius 2 is 1.75 bits per heavy atom. The molecule has 0 aromatic heterocycles. The fraction of sp³-hybridized carbons (Fsp3) is 0.316. The van der Waals surface area contributed by atoms with Crippen LogP contribution in [0.3, 0.4) is 0 Å². The lowest BCUT2D eigenvalue weighted by Gasteiger charge is -2.11. The van der Waals surface area contributed by atoms with Gasteiger partial charge in [-0.2, -0.15) is 0 Å². The molecule has 1 heteroatoms. The van der Waals surface area contributed by atoms with Crippen LogP contribution in [0.2, 0.25) is 0 Å². The van der Waals surface area contributed by atoms with Gasteiger partial charge in [-0.05, 0) is 47.1 Å². The van der Waals surface area contributed by atoms with Gasteiger partial charge in [-0.3, -0.25) is 4.79 Å². The molecular weight excluding hydrogens is 244 g/mol. The number of carbonyl (C=O) groups is 1. The zero-order valence-corrected chi connectivity index (χ0v) is 12.2. The van der Waals surface area contributed by atoms with Gasteiger partial charge >= 0.3 is 0 Å². The van der Waals surface area contributed by atoms with Crippen molar-refractivity contribution in [2.75, 3.05) is 0 Å². The highest BCUT2D eigenvalue weighted by atomic mass is 16.1. The summed E-state index contributed by atoms with van der Waals surface area (Å²) in [5.41, 5.74) is 7.48. The number of aryl methyl sites for hydroxylation is 3. The molecule has 0 unspecified atom stereocenters. The van der Waals surface area contributed by atoms with Gasteiger partial charge in [-0.1, -0.05) is 50.2 Å². The summed E-state index contributed by atoms with van der Waals surface area (Å²) in [6.07, 6.45) is 3.67. The van der Waals surface area contributed by atoms with E-state index in [1.165, 1.54) is 27.8 Å². The molecule has 1 aliphatic carbocycles. The highest BCUT2D eigenvalue weighted by molar-refractivity contribution is 6.01. The van der Waals surface area contributed by atoms with Crippen molar-refractivity contribution in [3.05, 3.63) is 58.7 Å². The Morgan fingerprint density at radius 1 is 0.900 bits per heavy atom. The van der Waals surface area contributed by atoms with E-state index in [1.807, 2.05) is 6.07 Å². The number of ketones is 1. The van der Waals surface area contributed by atoms with Crippen LogP contribution in [0.15, 0.2) is 36.4 Å². The van der Waals surface area contributed by atoms with E-state index < -0.39 is 0 Å². The minimum Gasteiger partial charge on any atom is -0.294 e. The number of carbonyl (C=O) groups excluding carboxylic acids is 1. The number of rotatable bonds is 3. The Bertz CT molecular complexity index is 667. The number of hydrogen-bond acceptors (Lipinski definition) is 1. The molecule has 20 heavy (non-hydrogen) atoms. The third-order valence-corrected chi connectivity index (χ3v) is 4.30. The summed E-state index contributed by atoms with van der Waals surface area (Å²) in [5.74, 6) is 0.296. The van der Waals surface area contributed by atoms with Gasteiger partial charge < -0.3 is 0 Å². The Balaban J connectivity index is 2.11. The lowest BCUT2D eigenvalue weighted by atomic mass is 9.93. The van der Waals surface area contributed by atoms with Crippen molar-refractivity contribution in [1.82, 2.24) is 0 Å². The number of hydrogen-bond donors (Lipinski definition) is 0. The summed E-state index contributed by atoms with van der Waals surface area (Å²) < 4.78 is 0. The Kier molecular flexibility index (Phi) is 3.43. The molecule has 2 aromatic carbocycles. The lowest BCUT2D eigenvalue weighted by molar-refractivity contribution is 0.0994. The zero-order chi connectivity index (χ0) is 14.1. The van der Waals surface area contributed by atoms with Crippen molar-refractivity contribution >= 4 is 5.78 Å². The monoisotopic (exact) mass is 264 g/mol. The van der Waals surface area contributed by atoms with Gasteiger partial charge in [0.05, 0.1) is 0 Å². The van der Waals surface area contributed by atoms with E-state index in [0.717, 1.165) is 24.8 Å². The molecule has 0 heterocycles. The van der Waals surface area contributed by atoms with Crippen molar-refractivity contribution in [2.45, 2.75) is 39.5 Å². The Hall–Kier alpha value is -1.89. The summed E-state index contributed by atoms with van der Waals surface area (Å²) in [5, 5.41) is 0. The van der Waals surface area contributed by atoms with E-state index in [9.17, 15) is 4.79 Å². The predicted molar refractivity (Wildman–Crippen MR) is 83.3 cm³/mol. The summed E-state index contributed by atoms with van der Waals surface area (Å²) in [6.45, 7) is 4.38. The van der Waals surface area contributed by atoms with Crippen LogP contribution in [0.25, 0.3) is 11.1 Å². The first-order valence-corrected chi connectivity index (χ1v) is 7.51. The molecule has 1 aliphatic rings. The van der Waals surface area contributed by atoms with E-state index in [4.69, 9.17) is 0 Å². The van der Waals surface area contributed by atoms with Crippen molar-refractivity contribution in [3.63, 3.8) is 0 Å². The second kappa shape index (κ2) is 5.24. The summed E-state index contributed by atoms with van der Waals surface area (Å²) in [4.78, 5) is 11.7. The fourth-order valence-electron chi connectivity index (χ4n) is 3.04. The number of Topliss-reactive ketones (excluding diaryl/α,β-unsaturated/α-hetero) is 1. The first kappa shape index (κ1) is 13.1. The van der Waals surface area contributed by atoms with Gasteiger partial charge in [0.1, 0.15) is 0 Å². The maximum absolute atomic E-state index is 11.7. The van der Waals surface area contributed by atoms with Crippen LogP contribution in [0, 0.1) is 0 Å². The van der Waals surface area contributed by atoms with Gasteiger partial charge in [0, 0.05) is 12.0 Å². The smallest absolute Gasteiger partial charge is 0.163 e. The molecule has 0 radical (unpaired) electrons. The Morgan fingerprint density at radius 3 is 2.50 bits per heavy atom. The van der Waals surface area contributed by atoms with Gasteiger partial charge in [0.2, 0.25) is 0 Å². The van der Waals surface area contributed by atoms with Crippen LogP contribution in [0.4, 0.5) is 0 Å². The molecule has 0 saturated carbocycles. The summed E-state index contributed by atoms with van der Waals surface area (Å²) in [6, 6.07) is 13.1. The first-order chi connectivity index (χ1) is 9.72. The van der Waals surface area contributed by atoms with Crippen molar-refractivity contribution in [3.8, 4) is 11.1 Å². The van der Waals surface area contributed by atoms with E-state index >= 15 is 0 Å². The molecule has 0 amide bonds. The molecule has 0 spiro atoms. The zero-order valence-electron chi connectivity index (χ0n) is 12.2. The largest absolute Gasteiger partial charge is 0.294 e. The minimum absolute atomic E-state index is 0.296. The SMILES string of the molecule is CCc1ccc(CC)c(-c2ccc3c(c2)CCC3=O)c1. The van der Waals surface area contributed by atoms with Crippen LogP contribution in [-0.2, 0) is 19.3 Å². The first-order valence-electron chi connectivity index (χ1n) is 7.51. The molecule has 3 rings (SSSR count). The molecule has 0 bridgehead atoms. The predicted octanol–water partition coefficient (Wildman–Crippen LogP) is 4.61. The van der Waals surface area contributed by atoms with Crippen LogP contribution in [-0.4, -0.2) is 5.78 Å². The van der Waals surface area contributed by atoms with E-state index in [0.29, 0.717) is 12.2 Å². The van der Waals surface area contributed by atoms with E-state index in [2.05, 4.69) is 44.2 Å². The van der Waals surface area contributed by atoms with Gasteiger partial charge in [-0.15, -0.1) is 0 Å². The second-order valence-electron chi connectivity index (χ2n) is 5.49. The van der Waals surface area contributed by atoms with Gasteiger partial charge in [0.15, 0.2) is 5.78 Å². The molecule has 0 fully saturated rings. The van der Waals surface area contributed by atoms with E-state index in [1.54, 1.807) is 0 Å². The Labute approximate surface area is 120 Å². The summed E-state index contributed by atoms with van der Waals surface area (Å²) >= 11 is 0. The van der Waals surface area contributed by atoms with Crippen molar-refractivity contribution in [1.29, 1.82) is 0 Å². The van der Waals surface area contributed by atoms with Crippen LogP contribution >= 0.6 is 0 Å². The highest BCUT2D eigenvalue weighted by Crippen LogP contribution is 2.31. The summed E-state index contributed by atoms with van der Waals surface area (Å²) in [7, 11) is 0. The highest BCUT2D eigenvalue weighted by Gasteiger charge is 2.19. The van der Waals surface area contributed by atoms with Crippen LogP contribution in [0.1, 0.15) is 47.3 Å². The maximum atomic E-state index is 11.7. The van der Waals surface area contributed by atoms with Crippen molar-refractivity contribution in [2.24, 2.45) is 0 Å².